The second kappa shape index (κ2) is 7.98. The Morgan fingerprint density at radius 2 is 1.90 bits per heavy atom. The van der Waals surface area contributed by atoms with E-state index in [0.717, 1.165) is 0 Å². The van der Waals surface area contributed by atoms with Crippen molar-refractivity contribution in [1.29, 1.82) is 0 Å². The molecular formula is C14H17NO6. The third-order valence-electron chi connectivity index (χ3n) is 2.73. The highest BCUT2D eigenvalue weighted by molar-refractivity contribution is 5.84. The van der Waals surface area contributed by atoms with Crippen LogP contribution in [0.5, 0.6) is 0 Å². The smallest absolute Gasteiger partial charge is 0.314 e. The number of ether oxygens (including phenoxy) is 2. The summed E-state index contributed by atoms with van der Waals surface area (Å²) in [6.45, 7) is 3.66. The molecule has 0 fully saturated rings. The third-order valence-corrected chi connectivity index (χ3v) is 2.73. The first kappa shape index (κ1) is 16.6. The molecule has 0 amide bonds. The molecule has 0 aromatic heterocycles. The summed E-state index contributed by atoms with van der Waals surface area (Å²) in [6, 6.07) is 5.59. The van der Waals surface area contributed by atoms with E-state index in [1.807, 2.05) is 0 Å². The van der Waals surface area contributed by atoms with Crippen molar-refractivity contribution in [1.82, 2.24) is 0 Å². The van der Waals surface area contributed by atoms with Crippen molar-refractivity contribution in [2.45, 2.75) is 26.2 Å². The molecule has 0 radical (unpaired) electrons. The lowest BCUT2D eigenvalue weighted by molar-refractivity contribution is -0.384. The number of carbonyl (C=O) groups excluding carboxylic acids is 2. The van der Waals surface area contributed by atoms with E-state index in [0.29, 0.717) is 5.56 Å². The van der Waals surface area contributed by atoms with E-state index in [1.54, 1.807) is 19.9 Å². The number of carbonyl (C=O) groups is 2. The van der Waals surface area contributed by atoms with Crippen LogP contribution in [-0.4, -0.2) is 30.1 Å². The largest absolute Gasteiger partial charge is 0.466 e. The molecule has 7 nitrogen and oxygen atoms in total. The zero-order valence-corrected chi connectivity index (χ0v) is 11.9. The van der Waals surface area contributed by atoms with Crippen LogP contribution in [-0.2, 0) is 19.1 Å². The molecule has 1 unspecified atom stereocenters. The van der Waals surface area contributed by atoms with Crippen LogP contribution < -0.4 is 0 Å². The van der Waals surface area contributed by atoms with E-state index in [-0.39, 0.29) is 25.3 Å². The van der Waals surface area contributed by atoms with Gasteiger partial charge in [0, 0.05) is 12.1 Å². The van der Waals surface area contributed by atoms with Gasteiger partial charge in [0.1, 0.15) is 0 Å². The lowest BCUT2D eigenvalue weighted by atomic mass is 9.95. The predicted octanol–water partition coefficient (Wildman–Crippen LogP) is 2.19. The predicted molar refractivity (Wildman–Crippen MR) is 73.7 cm³/mol. The van der Waals surface area contributed by atoms with E-state index in [1.165, 1.54) is 18.2 Å². The van der Waals surface area contributed by atoms with Crippen LogP contribution >= 0.6 is 0 Å². The summed E-state index contributed by atoms with van der Waals surface area (Å²) in [5.74, 6) is -2.07. The molecule has 0 aliphatic heterocycles. The Labute approximate surface area is 122 Å². The van der Waals surface area contributed by atoms with E-state index >= 15 is 0 Å². The van der Waals surface area contributed by atoms with Crippen molar-refractivity contribution in [3.8, 4) is 0 Å². The number of nitro benzene ring substituents is 1. The summed E-state index contributed by atoms with van der Waals surface area (Å²) in [4.78, 5) is 33.8. The molecule has 0 heterocycles. The Kier molecular flexibility index (Phi) is 6.32. The standard InChI is InChI=1S/C14H17NO6/c1-3-20-13(16)9-12(14(17)21-4-2)10-6-5-7-11(8-10)15(18)19/h5-8,12H,3-4,9H2,1-2H3. The molecule has 114 valence electrons. The molecular weight excluding hydrogens is 278 g/mol. The average Bonchev–Trinajstić information content (AvgIpc) is 2.45. The maximum Gasteiger partial charge on any atom is 0.314 e. The van der Waals surface area contributed by atoms with Gasteiger partial charge in [0.25, 0.3) is 5.69 Å². The van der Waals surface area contributed by atoms with Gasteiger partial charge in [0.15, 0.2) is 0 Å². The quantitative estimate of drug-likeness (QED) is 0.434. The minimum Gasteiger partial charge on any atom is -0.466 e. The summed E-state index contributed by atoms with van der Waals surface area (Å²) in [7, 11) is 0. The number of nitrogens with zero attached hydrogens (tertiary/aromatic N) is 1. The zero-order valence-electron chi connectivity index (χ0n) is 11.9. The molecule has 1 aromatic carbocycles. The van der Waals surface area contributed by atoms with Crippen LogP contribution in [0.3, 0.4) is 0 Å². The van der Waals surface area contributed by atoms with Gasteiger partial charge in [-0.1, -0.05) is 12.1 Å². The molecule has 0 saturated carbocycles. The molecule has 1 rings (SSSR count). The Bertz CT molecular complexity index is 528. The topological polar surface area (TPSA) is 95.7 Å². The van der Waals surface area contributed by atoms with E-state index < -0.39 is 22.8 Å². The molecule has 0 saturated heterocycles. The number of esters is 2. The van der Waals surface area contributed by atoms with Crippen LogP contribution in [0.2, 0.25) is 0 Å². The first-order valence-corrected chi connectivity index (χ1v) is 6.56. The van der Waals surface area contributed by atoms with Crippen molar-refractivity contribution >= 4 is 17.6 Å². The maximum atomic E-state index is 12.0. The van der Waals surface area contributed by atoms with Crippen molar-refractivity contribution in [3.05, 3.63) is 39.9 Å². The Morgan fingerprint density at radius 1 is 1.24 bits per heavy atom. The van der Waals surface area contributed by atoms with Gasteiger partial charge in [-0.05, 0) is 19.4 Å². The van der Waals surface area contributed by atoms with E-state index in [4.69, 9.17) is 9.47 Å². The highest BCUT2D eigenvalue weighted by Crippen LogP contribution is 2.25. The fraction of sp³-hybridized carbons (Fsp3) is 0.429. The van der Waals surface area contributed by atoms with Crippen LogP contribution in [0.4, 0.5) is 5.69 Å². The Hall–Kier alpha value is -2.44. The molecule has 0 aliphatic carbocycles. The second-order valence-electron chi connectivity index (χ2n) is 4.17. The van der Waals surface area contributed by atoms with Gasteiger partial charge in [-0.3, -0.25) is 19.7 Å². The highest BCUT2D eigenvalue weighted by atomic mass is 16.6. The third kappa shape index (κ3) is 4.87. The first-order valence-electron chi connectivity index (χ1n) is 6.56. The molecule has 1 aromatic rings. The molecule has 7 heteroatoms. The van der Waals surface area contributed by atoms with Crippen molar-refractivity contribution in [3.63, 3.8) is 0 Å². The van der Waals surface area contributed by atoms with Crippen LogP contribution in [0.1, 0.15) is 31.7 Å². The molecule has 1 atom stereocenters. The van der Waals surface area contributed by atoms with Gasteiger partial charge in [-0.15, -0.1) is 0 Å². The van der Waals surface area contributed by atoms with Gasteiger partial charge in [-0.25, -0.2) is 0 Å². The van der Waals surface area contributed by atoms with Crippen LogP contribution in [0, 0.1) is 10.1 Å². The highest BCUT2D eigenvalue weighted by Gasteiger charge is 2.27. The van der Waals surface area contributed by atoms with Crippen LogP contribution in [0.15, 0.2) is 24.3 Å². The minimum atomic E-state index is -0.913. The average molecular weight is 295 g/mol. The van der Waals surface area contributed by atoms with Crippen molar-refractivity contribution in [2.75, 3.05) is 13.2 Å². The van der Waals surface area contributed by atoms with E-state index in [9.17, 15) is 19.7 Å². The lowest BCUT2D eigenvalue weighted by Crippen LogP contribution is -2.20. The van der Waals surface area contributed by atoms with Gasteiger partial charge >= 0.3 is 11.9 Å². The van der Waals surface area contributed by atoms with Crippen molar-refractivity contribution < 1.29 is 24.0 Å². The molecule has 0 aliphatic rings. The van der Waals surface area contributed by atoms with Gasteiger partial charge in [0.05, 0.1) is 30.5 Å². The number of nitro groups is 1. The van der Waals surface area contributed by atoms with Crippen molar-refractivity contribution in [2.24, 2.45) is 0 Å². The van der Waals surface area contributed by atoms with E-state index in [2.05, 4.69) is 0 Å². The molecule has 0 bridgehead atoms. The molecule has 0 N–H and O–H groups in total. The number of non-ortho nitro benzene ring substituents is 1. The Balaban J connectivity index is 3.05. The second-order valence-corrected chi connectivity index (χ2v) is 4.17. The Morgan fingerprint density at radius 3 is 2.48 bits per heavy atom. The molecule has 0 spiro atoms. The zero-order chi connectivity index (χ0) is 15.8. The number of hydrogen-bond acceptors (Lipinski definition) is 6. The maximum absolute atomic E-state index is 12.0. The lowest BCUT2D eigenvalue weighted by Gasteiger charge is -2.15. The van der Waals surface area contributed by atoms with Gasteiger partial charge in [0.2, 0.25) is 0 Å². The minimum absolute atomic E-state index is 0.148. The summed E-state index contributed by atoms with van der Waals surface area (Å²) >= 11 is 0. The number of hydrogen-bond donors (Lipinski definition) is 0. The first-order chi connectivity index (χ1) is 9.99. The van der Waals surface area contributed by atoms with Gasteiger partial charge < -0.3 is 9.47 Å². The summed E-state index contributed by atoms with van der Waals surface area (Å²) < 4.78 is 9.74. The summed E-state index contributed by atoms with van der Waals surface area (Å²) in [5, 5.41) is 10.8. The number of rotatable bonds is 7. The fourth-order valence-corrected chi connectivity index (χ4v) is 1.82. The normalized spacial score (nSPS) is 11.5. The van der Waals surface area contributed by atoms with Gasteiger partial charge in [-0.2, -0.15) is 0 Å². The summed E-state index contributed by atoms with van der Waals surface area (Å²) in [5.41, 5.74) is 0.210. The molecule has 21 heavy (non-hydrogen) atoms. The van der Waals surface area contributed by atoms with Crippen LogP contribution in [0.25, 0.3) is 0 Å². The monoisotopic (exact) mass is 295 g/mol. The number of benzene rings is 1. The summed E-state index contributed by atoms with van der Waals surface area (Å²) in [6.07, 6.45) is -0.214. The SMILES string of the molecule is CCOC(=O)CC(C(=O)OCC)c1cccc([N+](=O)[O-])c1. The fourth-order valence-electron chi connectivity index (χ4n) is 1.82.